The van der Waals surface area contributed by atoms with Crippen LogP contribution < -0.4 is 4.74 Å². The maximum Gasteiger partial charge on any atom is 0.290 e. The van der Waals surface area contributed by atoms with Crippen LogP contribution in [-0.2, 0) is 0 Å². The molecule has 0 unspecified atom stereocenters. The molecule has 3 fully saturated rings. The van der Waals surface area contributed by atoms with Crippen LogP contribution in [0.15, 0.2) is 18.2 Å². The molecule has 0 atom stereocenters. The van der Waals surface area contributed by atoms with E-state index in [2.05, 4.69) is 4.90 Å². The van der Waals surface area contributed by atoms with Crippen LogP contribution in [0.4, 0.5) is 5.69 Å². The van der Waals surface area contributed by atoms with Crippen molar-refractivity contribution in [1.29, 1.82) is 5.26 Å². The molecule has 0 spiro atoms. The maximum absolute atomic E-state index is 11.0. The second-order valence-electron chi connectivity index (χ2n) is 5.40. The number of piperidine rings is 3. The number of hydrogen-bond donors (Lipinski definition) is 0. The third-order valence-corrected chi connectivity index (χ3v) is 4.29. The second-order valence-corrected chi connectivity index (χ2v) is 5.40. The third-order valence-electron chi connectivity index (χ3n) is 4.29. The highest BCUT2D eigenvalue weighted by Crippen LogP contribution is 2.38. The van der Waals surface area contributed by atoms with E-state index < -0.39 is 4.92 Å². The van der Waals surface area contributed by atoms with Gasteiger partial charge in [0.25, 0.3) is 5.69 Å². The summed E-state index contributed by atoms with van der Waals surface area (Å²) in [6, 6.07) is 6.48. The molecule has 3 aliphatic heterocycles. The number of nitro benzene ring substituents is 1. The lowest BCUT2D eigenvalue weighted by atomic mass is 9.83. The van der Waals surface area contributed by atoms with E-state index in [1.54, 1.807) is 12.1 Å². The fourth-order valence-electron chi connectivity index (χ4n) is 3.05. The Balaban J connectivity index is 1.93. The summed E-state index contributed by atoms with van der Waals surface area (Å²) in [5.74, 6) is 0.344. The van der Waals surface area contributed by atoms with Crippen molar-refractivity contribution in [3.63, 3.8) is 0 Å². The summed E-state index contributed by atoms with van der Waals surface area (Å²) in [4.78, 5) is 12.8. The van der Waals surface area contributed by atoms with Crippen LogP contribution in [0.25, 0.3) is 0 Å². The maximum atomic E-state index is 11.0. The van der Waals surface area contributed by atoms with Gasteiger partial charge in [-0.15, -0.1) is 0 Å². The first-order valence-electron chi connectivity index (χ1n) is 6.72. The Kier molecular flexibility index (Phi) is 3.07. The summed E-state index contributed by atoms with van der Waals surface area (Å²) in [5, 5.41) is 20.2. The Morgan fingerprint density at radius 2 is 1.95 bits per heavy atom. The molecule has 6 nitrogen and oxygen atoms in total. The second kappa shape index (κ2) is 4.76. The number of fused-ring (bicyclic) bond motifs is 3. The lowest BCUT2D eigenvalue weighted by molar-refractivity contribution is -0.385. The van der Waals surface area contributed by atoms with Crippen LogP contribution in [0.3, 0.4) is 0 Å². The fraction of sp³-hybridized carbons (Fsp3) is 0.500. The van der Waals surface area contributed by atoms with Crippen molar-refractivity contribution in [1.82, 2.24) is 4.90 Å². The van der Waals surface area contributed by atoms with Gasteiger partial charge >= 0.3 is 0 Å². The average molecular weight is 273 g/mol. The van der Waals surface area contributed by atoms with Gasteiger partial charge in [0.05, 0.1) is 4.92 Å². The van der Waals surface area contributed by atoms with Crippen molar-refractivity contribution >= 4 is 5.69 Å². The standard InChI is InChI=1S/C14H15N3O3/c15-10-11-12(17(18)19)2-1-3-13(11)20-14-4-7-16(8-5-14)9-6-14/h1-3H,4-9H2. The minimum atomic E-state index is -0.535. The molecule has 1 aromatic carbocycles. The Labute approximate surface area is 116 Å². The molecule has 2 bridgehead atoms. The smallest absolute Gasteiger partial charge is 0.290 e. The number of rotatable bonds is 3. The highest BCUT2D eigenvalue weighted by atomic mass is 16.6. The van der Waals surface area contributed by atoms with Gasteiger partial charge < -0.3 is 9.64 Å². The summed E-state index contributed by atoms with van der Waals surface area (Å²) in [6.45, 7) is 2.99. The summed E-state index contributed by atoms with van der Waals surface area (Å²) < 4.78 is 6.09. The van der Waals surface area contributed by atoms with E-state index in [1.807, 2.05) is 6.07 Å². The summed E-state index contributed by atoms with van der Waals surface area (Å²) in [5.41, 5.74) is -0.412. The van der Waals surface area contributed by atoms with Gasteiger partial charge in [-0.25, -0.2) is 0 Å². The number of ether oxygens (including phenoxy) is 1. The van der Waals surface area contributed by atoms with Crippen molar-refractivity contribution in [2.24, 2.45) is 0 Å². The zero-order chi connectivity index (χ0) is 14.2. The highest BCUT2D eigenvalue weighted by molar-refractivity contribution is 5.57. The molecular formula is C14H15N3O3. The number of nitro groups is 1. The largest absolute Gasteiger partial charge is 0.485 e. The Hall–Kier alpha value is -2.13. The van der Waals surface area contributed by atoms with Gasteiger partial charge in [-0.3, -0.25) is 10.1 Å². The lowest BCUT2D eigenvalue weighted by Crippen LogP contribution is -2.55. The molecule has 0 radical (unpaired) electrons. The van der Waals surface area contributed by atoms with Crippen LogP contribution in [0, 0.1) is 21.4 Å². The Morgan fingerprint density at radius 1 is 1.30 bits per heavy atom. The van der Waals surface area contributed by atoms with Crippen molar-refractivity contribution in [2.75, 3.05) is 19.6 Å². The summed E-state index contributed by atoms with van der Waals surface area (Å²) >= 11 is 0. The molecule has 3 aliphatic rings. The molecule has 3 heterocycles. The fourth-order valence-corrected chi connectivity index (χ4v) is 3.05. The normalized spacial score (nSPS) is 27.9. The van der Waals surface area contributed by atoms with Crippen LogP contribution in [0.2, 0.25) is 0 Å². The summed E-state index contributed by atoms with van der Waals surface area (Å²) in [6.07, 6.45) is 2.75. The topological polar surface area (TPSA) is 79.4 Å². The average Bonchev–Trinajstić information content (AvgIpc) is 2.48. The lowest BCUT2D eigenvalue weighted by Gasteiger charge is -2.48. The quantitative estimate of drug-likeness (QED) is 0.622. The first kappa shape index (κ1) is 12.9. The van der Waals surface area contributed by atoms with E-state index in [4.69, 9.17) is 4.74 Å². The number of benzene rings is 1. The number of nitriles is 1. The predicted molar refractivity (Wildman–Crippen MR) is 71.5 cm³/mol. The molecule has 4 rings (SSSR count). The minimum Gasteiger partial charge on any atom is -0.485 e. The third kappa shape index (κ3) is 2.10. The van der Waals surface area contributed by atoms with Crippen LogP contribution in [0.5, 0.6) is 5.75 Å². The Morgan fingerprint density at radius 3 is 2.50 bits per heavy atom. The monoisotopic (exact) mass is 273 g/mol. The van der Waals surface area contributed by atoms with E-state index in [0.29, 0.717) is 5.75 Å². The van der Waals surface area contributed by atoms with E-state index >= 15 is 0 Å². The molecule has 3 saturated heterocycles. The zero-order valence-electron chi connectivity index (χ0n) is 11.0. The summed E-state index contributed by atoms with van der Waals surface area (Å²) in [7, 11) is 0. The van der Waals surface area contributed by atoms with Crippen molar-refractivity contribution < 1.29 is 9.66 Å². The zero-order valence-corrected chi connectivity index (χ0v) is 11.0. The Bertz CT molecular complexity index is 572. The molecule has 1 aromatic rings. The minimum absolute atomic E-state index is 0.0277. The van der Waals surface area contributed by atoms with Crippen molar-refractivity contribution in [3.05, 3.63) is 33.9 Å². The van der Waals surface area contributed by atoms with E-state index in [1.165, 1.54) is 6.07 Å². The molecular weight excluding hydrogens is 258 g/mol. The van der Waals surface area contributed by atoms with Gasteiger partial charge in [0, 0.05) is 25.7 Å². The van der Waals surface area contributed by atoms with Crippen LogP contribution in [-0.4, -0.2) is 35.1 Å². The van der Waals surface area contributed by atoms with E-state index in [-0.39, 0.29) is 16.9 Å². The van der Waals surface area contributed by atoms with Crippen molar-refractivity contribution in [2.45, 2.75) is 24.9 Å². The van der Waals surface area contributed by atoms with Gasteiger partial charge in [0.1, 0.15) is 17.4 Å². The van der Waals surface area contributed by atoms with Gasteiger partial charge in [0.2, 0.25) is 0 Å². The molecule has 6 heteroatoms. The van der Waals surface area contributed by atoms with Crippen LogP contribution in [0.1, 0.15) is 24.8 Å². The first-order valence-corrected chi connectivity index (χ1v) is 6.72. The van der Waals surface area contributed by atoms with E-state index in [9.17, 15) is 15.4 Å². The predicted octanol–water partition coefficient (Wildman–Crippen LogP) is 2.08. The van der Waals surface area contributed by atoms with Gasteiger partial charge in [-0.05, 0) is 25.3 Å². The SMILES string of the molecule is N#Cc1c(OC23CCN(CC2)CC3)cccc1[N+](=O)[O-]. The molecule has 0 aromatic heterocycles. The molecule has 0 saturated carbocycles. The number of nitrogens with zero attached hydrogens (tertiary/aromatic N) is 3. The molecule has 0 aliphatic carbocycles. The molecule has 0 N–H and O–H groups in total. The van der Waals surface area contributed by atoms with Crippen molar-refractivity contribution in [3.8, 4) is 11.8 Å². The molecule has 104 valence electrons. The highest BCUT2D eigenvalue weighted by Gasteiger charge is 2.42. The first-order chi connectivity index (χ1) is 9.63. The number of hydrogen-bond acceptors (Lipinski definition) is 5. The molecule has 20 heavy (non-hydrogen) atoms. The van der Waals surface area contributed by atoms with E-state index in [0.717, 1.165) is 38.9 Å². The molecule has 0 amide bonds. The van der Waals surface area contributed by atoms with Gasteiger partial charge in [0.15, 0.2) is 5.56 Å². The van der Waals surface area contributed by atoms with Gasteiger partial charge in [-0.1, -0.05) is 6.07 Å². The van der Waals surface area contributed by atoms with Crippen LogP contribution >= 0.6 is 0 Å². The van der Waals surface area contributed by atoms with Gasteiger partial charge in [-0.2, -0.15) is 5.26 Å².